The number of rotatable bonds is 8. The molecule has 1 aromatic carbocycles. The van der Waals surface area contributed by atoms with Crippen LogP contribution in [0.15, 0.2) is 18.2 Å². The molecule has 2 rings (SSSR count). The first-order chi connectivity index (χ1) is 10.1. The van der Waals surface area contributed by atoms with Gasteiger partial charge in [0, 0.05) is 12.6 Å². The summed E-state index contributed by atoms with van der Waals surface area (Å²) in [5.74, 6) is 1.52. The fraction of sp³-hybridized carbons (Fsp3) is 0.562. The van der Waals surface area contributed by atoms with Crippen LogP contribution < -0.4 is 20.1 Å². The molecule has 1 aromatic rings. The normalized spacial score (nSPS) is 15.4. The first-order valence-electron chi connectivity index (χ1n) is 7.47. The van der Waals surface area contributed by atoms with Crippen molar-refractivity contribution in [2.75, 3.05) is 13.7 Å². The minimum Gasteiger partial charge on any atom is -0.493 e. The highest BCUT2D eigenvalue weighted by Gasteiger charge is 2.25. The van der Waals surface area contributed by atoms with E-state index >= 15 is 0 Å². The molecule has 1 aliphatic rings. The Morgan fingerprint density at radius 2 is 2.14 bits per heavy atom. The lowest BCUT2D eigenvalue weighted by molar-refractivity contribution is -0.122. The minimum atomic E-state index is -0.205. The highest BCUT2D eigenvalue weighted by Crippen LogP contribution is 2.28. The van der Waals surface area contributed by atoms with Crippen LogP contribution in [0.1, 0.15) is 32.3 Å². The van der Waals surface area contributed by atoms with Crippen LogP contribution in [0.2, 0.25) is 0 Å². The van der Waals surface area contributed by atoms with E-state index < -0.39 is 0 Å². The van der Waals surface area contributed by atoms with Crippen molar-refractivity contribution in [1.29, 1.82) is 0 Å². The maximum absolute atomic E-state index is 11.9. The third-order valence-corrected chi connectivity index (χ3v) is 3.46. The van der Waals surface area contributed by atoms with Crippen molar-refractivity contribution in [3.8, 4) is 11.5 Å². The molecule has 0 aromatic heterocycles. The maximum Gasteiger partial charge on any atom is 0.237 e. The summed E-state index contributed by atoms with van der Waals surface area (Å²) in [6.07, 6.45) is 2.21. The van der Waals surface area contributed by atoms with Crippen LogP contribution in [0.4, 0.5) is 0 Å². The van der Waals surface area contributed by atoms with Gasteiger partial charge in [0.1, 0.15) is 0 Å². The number of amides is 1. The number of hydrogen-bond acceptors (Lipinski definition) is 4. The lowest BCUT2D eigenvalue weighted by Crippen LogP contribution is -2.42. The highest BCUT2D eigenvalue weighted by atomic mass is 16.5. The molecule has 0 aliphatic heterocycles. The van der Waals surface area contributed by atoms with Crippen LogP contribution in [-0.4, -0.2) is 31.7 Å². The van der Waals surface area contributed by atoms with Crippen molar-refractivity contribution in [2.24, 2.45) is 0 Å². The summed E-state index contributed by atoms with van der Waals surface area (Å²) < 4.78 is 10.8. The Morgan fingerprint density at radius 1 is 1.38 bits per heavy atom. The van der Waals surface area contributed by atoms with Crippen molar-refractivity contribution in [3.05, 3.63) is 23.8 Å². The Labute approximate surface area is 126 Å². The molecular weight excluding hydrogens is 268 g/mol. The summed E-state index contributed by atoms with van der Waals surface area (Å²) in [7, 11) is 1.63. The molecule has 0 bridgehead atoms. The summed E-state index contributed by atoms with van der Waals surface area (Å²) in [6, 6.07) is 6.00. The molecule has 5 heteroatoms. The predicted molar refractivity (Wildman–Crippen MR) is 81.6 cm³/mol. The zero-order valence-electron chi connectivity index (χ0n) is 12.9. The standard InChI is InChI=1S/C16H24N2O3/c1-4-21-14-8-5-12(9-15(14)20-3)10-17-11(2)16(19)18-13-6-7-13/h5,8-9,11,13,17H,4,6-7,10H2,1-3H3,(H,18,19). The molecule has 116 valence electrons. The van der Waals surface area contributed by atoms with Gasteiger partial charge in [-0.15, -0.1) is 0 Å². The van der Waals surface area contributed by atoms with Gasteiger partial charge < -0.3 is 20.1 Å². The van der Waals surface area contributed by atoms with E-state index in [4.69, 9.17) is 9.47 Å². The summed E-state index contributed by atoms with van der Waals surface area (Å²) in [4.78, 5) is 11.9. The average Bonchev–Trinajstić information content (AvgIpc) is 3.29. The van der Waals surface area contributed by atoms with Crippen LogP contribution in [0.25, 0.3) is 0 Å². The molecule has 1 aliphatic carbocycles. The molecule has 21 heavy (non-hydrogen) atoms. The van der Waals surface area contributed by atoms with Gasteiger partial charge in [0.25, 0.3) is 0 Å². The number of carbonyl (C=O) groups is 1. The smallest absolute Gasteiger partial charge is 0.237 e. The molecular formula is C16H24N2O3. The maximum atomic E-state index is 11.9. The highest BCUT2D eigenvalue weighted by molar-refractivity contribution is 5.81. The molecule has 1 fully saturated rings. The predicted octanol–water partition coefficient (Wildman–Crippen LogP) is 1.85. The second-order valence-corrected chi connectivity index (χ2v) is 5.30. The van der Waals surface area contributed by atoms with E-state index in [9.17, 15) is 4.79 Å². The van der Waals surface area contributed by atoms with E-state index in [1.54, 1.807) is 7.11 Å². The van der Waals surface area contributed by atoms with Gasteiger partial charge in [-0.1, -0.05) is 6.07 Å². The van der Waals surface area contributed by atoms with Crippen molar-refractivity contribution in [2.45, 2.75) is 45.3 Å². The second-order valence-electron chi connectivity index (χ2n) is 5.30. The number of ether oxygens (including phenoxy) is 2. The SMILES string of the molecule is CCOc1ccc(CNC(C)C(=O)NC2CC2)cc1OC. The van der Waals surface area contributed by atoms with Crippen molar-refractivity contribution in [3.63, 3.8) is 0 Å². The fourth-order valence-corrected chi connectivity index (χ4v) is 2.01. The van der Waals surface area contributed by atoms with E-state index in [1.165, 1.54) is 0 Å². The minimum absolute atomic E-state index is 0.0652. The van der Waals surface area contributed by atoms with Gasteiger partial charge in [-0.2, -0.15) is 0 Å². The van der Waals surface area contributed by atoms with Crippen molar-refractivity contribution >= 4 is 5.91 Å². The van der Waals surface area contributed by atoms with Gasteiger partial charge in [-0.05, 0) is 44.4 Å². The largest absolute Gasteiger partial charge is 0.493 e. The number of nitrogens with one attached hydrogen (secondary N) is 2. The molecule has 0 spiro atoms. The zero-order chi connectivity index (χ0) is 15.2. The van der Waals surface area contributed by atoms with Gasteiger partial charge in [0.15, 0.2) is 11.5 Å². The summed E-state index contributed by atoms with van der Waals surface area (Å²) in [5, 5.41) is 6.22. The summed E-state index contributed by atoms with van der Waals surface area (Å²) in [5.41, 5.74) is 1.06. The molecule has 1 unspecified atom stereocenters. The Hall–Kier alpha value is -1.75. The van der Waals surface area contributed by atoms with Crippen LogP contribution in [0.5, 0.6) is 11.5 Å². The lowest BCUT2D eigenvalue weighted by atomic mass is 10.2. The van der Waals surface area contributed by atoms with Crippen LogP contribution in [0.3, 0.4) is 0 Å². The molecule has 1 amide bonds. The number of methoxy groups -OCH3 is 1. The van der Waals surface area contributed by atoms with Gasteiger partial charge in [0.05, 0.1) is 19.8 Å². The monoisotopic (exact) mass is 292 g/mol. The third kappa shape index (κ3) is 4.63. The van der Waals surface area contributed by atoms with E-state index in [1.807, 2.05) is 32.0 Å². The topological polar surface area (TPSA) is 59.6 Å². The first kappa shape index (κ1) is 15.6. The van der Waals surface area contributed by atoms with E-state index in [2.05, 4.69) is 10.6 Å². The molecule has 2 N–H and O–H groups in total. The van der Waals surface area contributed by atoms with Gasteiger partial charge in [0.2, 0.25) is 5.91 Å². The van der Waals surface area contributed by atoms with E-state index in [0.29, 0.717) is 24.9 Å². The third-order valence-electron chi connectivity index (χ3n) is 3.46. The molecule has 1 atom stereocenters. The molecule has 0 saturated heterocycles. The van der Waals surface area contributed by atoms with Crippen molar-refractivity contribution in [1.82, 2.24) is 10.6 Å². The summed E-state index contributed by atoms with van der Waals surface area (Å²) in [6.45, 7) is 5.03. The Morgan fingerprint density at radius 3 is 2.76 bits per heavy atom. The number of carbonyl (C=O) groups excluding carboxylic acids is 1. The Bertz CT molecular complexity index is 486. The first-order valence-corrected chi connectivity index (χ1v) is 7.47. The Kier molecular flexibility index (Phi) is 5.44. The van der Waals surface area contributed by atoms with Crippen LogP contribution in [-0.2, 0) is 11.3 Å². The molecule has 0 heterocycles. The van der Waals surface area contributed by atoms with E-state index in [0.717, 1.165) is 24.2 Å². The zero-order valence-corrected chi connectivity index (χ0v) is 12.9. The van der Waals surface area contributed by atoms with Crippen molar-refractivity contribution < 1.29 is 14.3 Å². The van der Waals surface area contributed by atoms with Crippen LogP contribution >= 0.6 is 0 Å². The van der Waals surface area contributed by atoms with Crippen LogP contribution in [0, 0.1) is 0 Å². The second kappa shape index (κ2) is 7.31. The number of hydrogen-bond donors (Lipinski definition) is 2. The van der Waals surface area contributed by atoms with Gasteiger partial charge >= 0.3 is 0 Å². The quantitative estimate of drug-likeness (QED) is 0.768. The van der Waals surface area contributed by atoms with Gasteiger partial charge in [-0.25, -0.2) is 0 Å². The molecule has 0 radical (unpaired) electrons. The van der Waals surface area contributed by atoms with E-state index in [-0.39, 0.29) is 11.9 Å². The average molecular weight is 292 g/mol. The Balaban J connectivity index is 1.88. The summed E-state index contributed by atoms with van der Waals surface area (Å²) >= 11 is 0. The fourth-order valence-electron chi connectivity index (χ4n) is 2.01. The van der Waals surface area contributed by atoms with Gasteiger partial charge in [-0.3, -0.25) is 4.79 Å². The lowest BCUT2D eigenvalue weighted by Gasteiger charge is -2.15. The molecule has 1 saturated carbocycles. The molecule has 5 nitrogen and oxygen atoms in total. The number of benzene rings is 1.